The van der Waals surface area contributed by atoms with Crippen LogP contribution in [-0.2, 0) is 0 Å². The van der Waals surface area contributed by atoms with Crippen molar-refractivity contribution >= 4 is 71.6 Å². The summed E-state index contributed by atoms with van der Waals surface area (Å²) in [7, 11) is 0. The standard InChI is InChI=1S/C70H46N2O/c1-2-13-53-45-57(31-30-47(53)12-1)55-15-9-14-54(44-55)51-34-40-59(41-35-51)71(60-42-36-52(37-43-60)62-21-11-25-69-70(62)65-20-5-8-24-68(65)73-69)58-38-32-49(33-39-58)48-26-28-50(29-27-48)56-16-10-17-61(46-56)72-66-22-6-3-18-63(66)64-19-4-7-23-67(64)72/h1-46H. The zero-order valence-corrected chi connectivity index (χ0v) is 39.9. The van der Waals surface area contributed by atoms with Crippen LogP contribution in [-0.4, -0.2) is 4.57 Å². The predicted molar refractivity (Wildman–Crippen MR) is 307 cm³/mol. The highest BCUT2D eigenvalue weighted by Gasteiger charge is 2.17. The minimum absolute atomic E-state index is 0.895. The zero-order chi connectivity index (χ0) is 48.2. The maximum atomic E-state index is 6.28. The Labute approximate surface area is 423 Å². The smallest absolute Gasteiger partial charge is 0.136 e. The topological polar surface area (TPSA) is 21.3 Å². The van der Waals surface area contributed by atoms with Crippen molar-refractivity contribution in [2.24, 2.45) is 0 Å². The molecule has 14 aromatic rings. The van der Waals surface area contributed by atoms with Crippen LogP contribution in [0.2, 0.25) is 0 Å². The maximum Gasteiger partial charge on any atom is 0.136 e. The molecule has 0 amide bonds. The van der Waals surface area contributed by atoms with Crippen LogP contribution in [0.5, 0.6) is 0 Å². The molecule has 0 saturated carbocycles. The molecule has 3 nitrogen and oxygen atoms in total. The third-order valence-corrected chi connectivity index (χ3v) is 14.6. The van der Waals surface area contributed by atoms with Gasteiger partial charge in [-0.1, -0.05) is 194 Å². The van der Waals surface area contributed by atoms with Crippen LogP contribution in [0.3, 0.4) is 0 Å². The second-order valence-electron chi connectivity index (χ2n) is 18.9. The molecular weight excluding hydrogens is 885 g/mol. The molecule has 0 bridgehead atoms. The van der Waals surface area contributed by atoms with Gasteiger partial charge >= 0.3 is 0 Å². The monoisotopic (exact) mass is 930 g/mol. The first kappa shape index (κ1) is 42.2. The lowest BCUT2D eigenvalue weighted by Gasteiger charge is -2.26. The first-order chi connectivity index (χ1) is 36.2. The highest BCUT2D eigenvalue weighted by Crippen LogP contribution is 2.41. The molecule has 14 rings (SSSR count). The molecule has 0 N–H and O–H groups in total. The lowest BCUT2D eigenvalue weighted by Crippen LogP contribution is -2.09. The number of furan rings is 1. The van der Waals surface area contributed by atoms with Gasteiger partial charge in [0.15, 0.2) is 0 Å². The number of anilines is 3. The van der Waals surface area contributed by atoms with Crippen molar-refractivity contribution in [2.45, 2.75) is 0 Å². The largest absolute Gasteiger partial charge is 0.456 e. The molecule has 0 radical (unpaired) electrons. The van der Waals surface area contributed by atoms with E-state index in [1.54, 1.807) is 0 Å². The van der Waals surface area contributed by atoms with Crippen LogP contribution >= 0.6 is 0 Å². The summed E-state index contributed by atoms with van der Waals surface area (Å²) in [6, 6.07) is 101. The number of aromatic nitrogens is 1. The van der Waals surface area contributed by atoms with Crippen molar-refractivity contribution < 1.29 is 4.42 Å². The molecule has 342 valence electrons. The van der Waals surface area contributed by atoms with Gasteiger partial charge in [-0.2, -0.15) is 0 Å². The average molecular weight is 931 g/mol. The number of rotatable bonds is 9. The number of hydrogen-bond donors (Lipinski definition) is 0. The van der Waals surface area contributed by atoms with Gasteiger partial charge in [0.1, 0.15) is 11.2 Å². The van der Waals surface area contributed by atoms with Crippen LogP contribution in [0, 0.1) is 0 Å². The Kier molecular flexibility index (Phi) is 10.2. The Morgan fingerprint density at radius 1 is 0.274 bits per heavy atom. The van der Waals surface area contributed by atoms with Gasteiger partial charge in [0.05, 0.1) is 11.0 Å². The molecule has 3 heteroatoms. The number of para-hydroxylation sites is 3. The van der Waals surface area contributed by atoms with E-state index < -0.39 is 0 Å². The quantitative estimate of drug-likeness (QED) is 0.144. The van der Waals surface area contributed by atoms with Crippen molar-refractivity contribution in [2.75, 3.05) is 4.90 Å². The van der Waals surface area contributed by atoms with Crippen molar-refractivity contribution in [3.05, 3.63) is 279 Å². The zero-order valence-electron chi connectivity index (χ0n) is 39.9. The summed E-state index contributed by atoms with van der Waals surface area (Å²) in [6.07, 6.45) is 0. The van der Waals surface area contributed by atoms with E-state index in [1.807, 2.05) is 12.1 Å². The van der Waals surface area contributed by atoms with E-state index >= 15 is 0 Å². The first-order valence-corrected chi connectivity index (χ1v) is 25.0. The van der Waals surface area contributed by atoms with Gasteiger partial charge < -0.3 is 13.9 Å². The SMILES string of the molecule is c1cc(-c2ccc(N(c3ccc(-c4ccc(-c5cccc(-n6c7ccccc7c7ccccc76)c5)cc4)cc3)c3ccc(-c4cccc5oc6ccccc6c45)cc3)cc2)cc(-c2ccc3ccccc3c2)c1. The molecule has 0 saturated heterocycles. The average Bonchev–Trinajstić information content (AvgIpc) is 4.02. The van der Waals surface area contributed by atoms with E-state index in [0.29, 0.717) is 0 Å². The van der Waals surface area contributed by atoms with Gasteiger partial charge in [0.25, 0.3) is 0 Å². The number of benzene rings is 12. The molecule has 0 aliphatic carbocycles. The Bertz CT molecular complexity index is 4300. The first-order valence-electron chi connectivity index (χ1n) is 25.0. The minimum atomic E-state index is 0.895. The van der Waals surface area contributed by atoms with Gasteiger partial charge in [-0.3, -0.25) is 0 Å². The fourth-order valence-electron chi connectivity index (χ4n) is 11.0. The van der Waals surface area contributed by atoms with E-state index in [4.69, 9.17) is 4.42 Å². The molecule has 12 aromatic carbocycles. The van der Waals surface area contributed by atoms with Gasteiger partial charge in [0.2, 0.25) is 0 Å². The Morgan fingerprint density at radius 2 is 0.712 bits per heavy atom. The van der Waals surface area contributed by atoms with Crippen LogP contribution in [0.25, 0.3) is 116 Å². The fraction of sp³-hybridized carbons (Fsp3) is 0. The summed E-state index contributed by atoms with van der Waals surface area (Å²) in [5.74, 6) is 0. The van der Waals surface area contributed by atoms with Crippen molar-refractivity contribution in [1.82, 2.24) is 4.57 Å². The van der Waals surface area contributed by atoms with Gasteiger partial charge in [-0.25, -0.2) is 0 Å². The molecule has 2 aromatic heterocycles. The van der Waals surface area contributed by atoms with E-state index in [-0.39, 0.29) is 0 Å². The summed E-state index contributed by atoms with van der Waals surface area (Å²) in [5, 5.41) is 7.29. The van der Waals surface area contributed by atoms with Crippen LogP contribution in [0.4, 0.5) is 17.1 Å². The van der Waals surface area contributed by atoms with Gasteiger partial charge in [-0.15, -0.1) is 0 Å². The summed E-state index contributed by atoms with van der Waals surface area (Å²) >= 11 is 0. The second kappa shape index (κ2) is 17.6. The lowest BCUT2D eigenvalue weighted by atomic mass is 9.97. The van der Waals surface area contributed by atoms with Gasteiger partial charge in [0, 0.05) is 44.3 Å². The Hall–Kier alpha value is -9.70. The summed E-state index contributed by atoms with van der Waals surface area (Å²) in [4.78, 5) is 2.35. The van der Waals surface area contributed by atoms with Crippen LogP contribution < -0.4 is 4.90 Å². The molecule has 0 aliphatic heterocycles. The molecule has 0 atom stereocenters. The van der Waals surface area contributed by atoms with E-state index in [0.717, 1.165) is 61.4 Å². The van der Waals surface area contributed by atoms with E-state index in [2.05, 4.69) is 276 Å². The highest BCUT2D eigenvalue weighted by atomic mass is 16.3. The van der Waals surface area contributed by atoms with E-state index in [1.165, 1.54) is 71.5 Å². The molecule has 0 aliphatic rings. The summed E-state index contributed by atoms with van der Waals surface area (Å²) < 4.78 is 8.66. The molecule has 2 heterocycles. The Morgan fingerprint density at radius 3 is 1.36 bits per heavy atom. The van der Waals surface area contributed by atoms with Crippen molar-refractivity contribution in [3.8, 4) is 61.3 Å². The molecule has 0 fully saturated rings. The maximum absolute atomic E-state index is 6.28. The summed E-state index contributed by atoms with van der Waals surface area (Å²) in [5.41, 5.74) is 20.3. The molecule has 0 spiro atoms. The lowest BCUT2D eigenvalue weighted by molar-refractivity contribution is 0.669. The minimum Gasteiger partial charge on any atom is -0.456 e. The number of hydrogen-bond acceptors (Lipinski definition) is 2. The fourth-order valence-corrected chi connectivity index (χ4v) is 11.0. The van der Waals surface area contributed by atoms with E-state index in [9.17, 15) is 0 Å². The normalized spacial score (nSPS) is 11.6. The highest BCUT2D eigenvalue weighted by molar-refractivity contribution is 6.12. The van der Waals surface area contributed by atoms with Crippen LogP contribution in [0.15, 0.2) is 283 Å². The number of nitrogens with zero attached hydrogens (tertiary/aromatic N) is 2. The van der Waals surface area contributed by atoms with Gasteiger partial charge in [-0.05, 0) is 151 Å². The number of fused-ring (bicyclic) bond motifs is 7. The van der Waals surface area contributed by atoms with Crippen molar-refractivity contribution in [1.29, 1.82) is 0 Å². The Balaban J connectivity index is 0.789. The third kappa shape index (κ3) is 7.54. The predicted octanol–water partition coefficient (Wildman–Crippen LogP) is 19.6. The molecule has 73 heavy (non-hydrogen) atoms. The third-order valence-electron chi connectivity index (χ3n) is 14.6. The summed E-state index contributed by atoms with van der Waals surface area (Å²) in [6.45, 7) is 0. The second-order valence-corrected chi connectivity index (χ2v) is 18.9. The molecule has 0 unspecified atom stereocenters. The van der Waals surface area contributed by atoms with Crippen LogP contribution in [0.1, 0.15) is 0 Å². The molecular formula is C70H46N2O. The van der Waals surface area contributed by atoms with Crippen molar-refractivity contribution in [3.63, 3.8) is 0 Å².